The summed E-state index contributed by atoms with van der Waals surface area (Å²) in [4.78, 5) is 5.43. The van der Waals surface area contributed by atoms with Crippen molar-refractivity contribution in [3.63, 3.8) is 0 Å². The van der Waals surface area contributed by atoms with Crippen molar-refractivity contribution in [2.75, 3.05) is 7.05 Å². The monoisotopic (exact) mass is 282 g/mol. The number of halogens is 1. The number of nitrogens with one attached hydrogen (secondary N) is 1. The lowest BCUT2D eigenvalue weighted by Crippen LogP contribution is -2.16. The largest absolute Gasteiger partial charge is 0.309 e. The Balaban J connectivity index is 2.33. The van der Waals surface area contributed by atoms with E-state index in [1.165, 1.54) is 10.4 Å². The first-order valence-electron chi connectivity index (χ1n) is 4.63. The third-order valence-corrected chi connectivity index (χ3v) is 3.87. The molecule has 0 spiro atoms. The lowest BCUT2D eigenvalue weighted by atomic mass is 10.1. The topological polar surface area (TPSA) is 24.9 Å². The van der Waals surface area contributed by atoms with E-state index in [-0.39, 0.29) is 6.04 Å². The molecule has 2 aromatic rings. The Morgan fingerprint density at radius 1 is 1.40 bits per heavy atom. The summed E-state index contributed by atoms with van der Waals surface area (Å²) in [5.74, 6) is 0. The van der Waals surface area contributed by atoms with Crippen LogP contribution in [0.5, 0.6) is 0 Å². The van der Waals surface area contributed by atoms with E-state index in [4.69, 9.17) is 0 Å². The molecule has 2 nitrogen and oxygen atoms in total. The Morgan fingerprint density at radius 2 is 2.27 bits per heavy atom. The molecule has 0 radical (unpaired) electrons. The molecule has 15 heavy (non-hydrogen) atoms. The molecule has 78 valence electrons. The second kappa shape index (κ2) is 4.88. The molecule has 0 fully saturated rings. The highest BCUT2D eigenvalue weighted by Crippen LogP contribution is 2.30. The summed E-state index contributed by atoms with van der Waals surface area (Å²) in [5, 5.41) is 3.30. The van der Waals surface area contributed by atoms with Crippen LogP contribution >= 0.6 is 27.3 Å². The number of hydrogen-bond acceptors (Lipinski definition) is 3. The van der Waals surface area contributed by atoms with Crippen molar-refractivity contribution >= 4 is 27.3 Å². The van der Waals surface area contributed by atoms with Crippen molar-refractivity contribution in [1.82, 2.24) is 10.3 Å². The van der Waals surface area contributed by atoms with Gasteiger partial charge in [0, 0.05) is 17.3 Å². The van der Waals surface area contributed by atoms with E-state index in [1.807, 2.05) is 19.3 Å². The summed E-state index contributed by atoms with van der Waals surface area (Å²) in [5.41, 5.74) is 1.19. The summed E-state index contributed by atoms with van der Waals surface area (Å²) in [7, 11) is 1.96. The summed E-state index contributed by atoms with van der Waals surface area (Å²) in [6, 6.07) is 8.48. The third-order valence-electron chi connectivity index (χ3n) is 2.18. The molecule has 2 heterocycles. The Kier molecular flexibility index (Phi) is 3.51. The molecule has 2 rings (SSSR count). The van der Waals surface area contributed by atoms with Gasteiger partial charge in [-0.2, -0.15) is 0 Å². The van der Waals surface area contributed by atoms with E-state index in [0.29, 0.717) is 0 Å². The Bertz CT molecular complexity index is 427. The Hall–Kier alpha value is -0.710. The summed E-state index contributed by atoms with van der Waals surface area (Å²) >= 11 is 5.22. The van der Waals surface area contributed by atoms with Crippen LogP contribution in [0, 0.1) is 0 Å². The maximum Gasteiger partial charge on any atom is 0.0702 e. The summed E-state index contributed by atoms with van der Waals surface area (Å²) in [6.07, 6.45) is 3.69. The van der Waals surface area contributed by atoms with E-state index >= 15 is 0 Å². The number of hydrogen-bond donors (Lipinski definition) is 1. The highest BCUT2D eigenvalue weighted by atomic mass is 79.9. The zero-order chi connectivity index (χ0) is 10.7. The highest BCUT2D eigenvalue weighted by molar-refractivity contribution is 9.11. The van der Waals surface area contributed by atoms with Crippen molar-refractivity contribution in [2.45, 2.75) is 6.04 Å². The molecular formula is C11H11BrN2S. The maximum atomic E-state index is 4.14. The van der Waals surface area contributed by atoms with Gasteiger partial charge in [0.05, 0.1) is 9.83 Å². The molecule has 0 amide bonds. The van der Waals surface area contributed by atoms with E-state index < -0.39 is 0 Å². The van der Waals surface area contributed by atoms with E-state index in [9.17, 15) is 0 Å². The van der Waals surface area contributed by atoms with Gasteiger partial charge in [0.15, 0.2) is 0 Å². The summed E-state index contributed by atoms with van der Waals surface area (Å²) < 4.78 is 1.15. The van der Waals surface area contributed by atoms with Crippen LogP contribution in [0.3, 0.4) is 0 Å². The van der Waals surface area contributed by atoms with Crippen molar-refractivity contribution in [2.24, 2.45) is 0 Å². The van der Waals surface area contributed by atoms with Gasteiger partial charge in [-0.05, 0) is 46.7 Å². The van der Waals surface area contributed by atoms with Crippen LogP contribution in [0.4, 0.5) is 0 Å². The van der Waals surface area contributed by atoms with E-state index in [2.05, 4.69) is 44.4 Å². The van der Waals surface area contributed by atoms with Gasteiger partial charge in [-0.3, -0.25) is 4.98 Å². The van der Waals surface area contributed by atoms with Crippen molar-refractivity contribution in [3.05, 3.63) is 50.9 Å². The van der Waals surface area contributed by atoms with Gasteiger partial charge in [0.25, 0.3) is 0 Å². The SMILES string of the molecule is CNC(c1cccnc1)c1ccc(Br)s1. The minimum absolute atomic E-state index is 0.231. The number of thiophene rings is 1. The standard InChI is InChI=1S/C11H11BrN2S/c1-13-11(8-3-2-6-14-7-8)9-4-5-10(12)15-9/h2-7,11,13H,1H3. The molecule has 1 N–H and O–H groups in total. The molecule has 1 atom stereocenters. The molecule has 1 unspecified atom stereocenters. The minimum Gasteiger partial charge on any atom is -0.309 e. The first kappa shape index (κ1) is 10.8. The van der Waals surface area contributed by atoms with Gasteiger partial charge in [-0.1, -0.05) is 6.07 Å². The first-order chi connectivity index (χ1) is 7.31. The average molecular weight is 283 g/mol. The minimum atomic E-state index is 0.231. The van der Waals surface area contributed by atoms with Gasteiger partial charge in [0.1, 0.15) is 0 Å². The molecule has 0 bridgehead atoms. The summed E-state index contributed by atoms with van der Waals surface area (Å²) in [6.45, 7) is 0. The second-order valence-corrected chi connectivity index (χ2v) is 5.64. The lowest BCUT2D eigenvalue weighted by molar-refractivity contribution is 0.700. The van der Waals surface area contributed by atoms with Crippen LogP contribution in [0.15, 0.2) is 40.4 Å². The van der Waals surface area contributed by atoms with Crippen molar-refractivity contribution in [1.29, 1.82) is 0 Å². The molecule has 4 heteroatoms. The number of pyridine rings is 1. The van der Waals surface area contributed by atoms with Gasteiger partial charge in [-0.25, -0.2) is 0 Å². The molecule has 0 aliphatic carbocycles. The predicted molar refractivity (Wildman–Crippen MR) is 67.2 cm³/mol. The number of rotatable bonds is 3. The molecule has 0 aliphatic rings. The van der Waals surface area contributed by atoms with E-state index in [1.54, 1.807) is 17.5 Å². The van der Waals surface area contributed by atoms with Gasteiger partial charge in [-0.15, -0.1) is 11.3 Å². The van der Waals surface area contributed by atoms with E-state index in [0.717, 1.165) is 3.79 Å². The fraction of sp³-hybridized carbons (Fsp3) is 0.182. The molecule has 0 saturated heterocycles. The molecule has 2 aromatic heterocycles. The van der Waals surface area contributed by atoms with Crippen LogP contribution in [0.25, 0.3) is 0 Å². The zero-order valence-corrected chi connectivity index (χ0v) is 10.7. The molecule has 0 aromatic carbocycles. The van der Waals surface area contributed by atoms with Gasteiger partial charge in [0.2, 0.25) is 0 Å². The molecule has 0 aliphatic heterocycles. The smallest absolute Gasteiger partial charge is 0.0702 e. The molecule has 0 saturated carbocycles. The van der Waals surface area contributed by atoms with Crippen molar-refractivity contribution in [3.8, 4) is 0 Å². The second-order valence-electron chi connectivity index (χ2n) is 3.15. The fourth-order valence-electron chi connectivity index (χ4n) is 1.50. The maximum absolute atomic E-state index is 4.14. The average Bonchev–Trinajstić information content (AvgIpc) is 2.68. The normalized spacial score (nSPS) is 12.7. The van der Waals surface area contributed by atoms with Crippen LogP contribution < -0.4 is 5.32 Å². The van der Waals surface area contributed by atoms with Crippen LogP contribution in [-0.4, -0.2) is 12.0 Å². The lowest BCUT2D eigenvalue weighted by Gasteiger charge is -2.13. The quantitative estimate of drug-likeness (QED) is 0.935. The number of aromatic nitrogens is 1. The zero-order valence-electron chi connectivity index (χ0n) is 8.27. The Morgan fingerprint density at radius 3 is 2.80 bits per heavy atom. The van der Waals surface area contributed by atoms with Crippen LogP contribution in [0.1, 0.15) is 16.5 Å². The Labute approximate surface area is 101 Å². The highest BCUT2D eigenvalue weighted by Gasteiger charge is 2.13. The predicted octanol–water partition coefficient (Wildman–Crippen LogP) is 3.21. The van der Waals surface area contributed by atoms with Crippen molar-refractivity contribution < 1.29 is 0 Å². The fourth-order valence-corrected chi connectivity index (χ4v) is 3.07. The molecular weight excluding hydrogens is 272 g/mol. The van der Waals surface area contributed by atoms with Crippen LogP contribution in [0.2, 0.25) is 0 Å². The van der Waals surface area contributed by atoms with Gasteiger partial charge >= 0.3 is 0 Å². The van der Waals surface area contributed by atoms with Crippen LogP contribution in [-0.2, 0) is 0 Å². The number of nitrogens with zero attached hydrogens (tertiary/aromatic N) is 1. The third kappa shape index (κ3) is 2.45. The first-order valence-corrected chi connectivity index (χ1v) is 6.24. The van der Waals surface area contributed by atoms with Gasteiger partial charge < -0.3 is 5.32 Å².